The van der Waals surface area contributed by atoms with Gasteiger partial charge in [0.25, 0.3) is 0 Å². The second kappa shape index (κ2) is 16.2. The van der Waals surface area contributed by atoms with Gasteiger partial charge in [0.1, 0.15) is 12.7 Å². The first-order valence-corrected chi connectivity index (χ1v) is 11.6. The molecule has 0 saturated carbocycles. The summed E-state index contributed by atoms with van der Waals surface area (Å²) in [4.78, 5) is 43.7. The Labute approximate surface area is 176 Å². The first-order chi connectivity index (χ1) is 14.1. The molecule has 0 bridgehead atoms. The summed E-state index contributed by atoms with van der Waals surface area (Å²) < 4.78 is 25.6. The van der Waals surface area contributed by atoms with E-state index in [-0.39, 0.29) is 12.8 Å². The lowest BCUT2D eigenvalue weighted by molar-refractivity contribution is -0.146. The number of aliphatic carboxylic acids is 1. The third-order valence-electron chi connectivity index (χ3n) is 3.95. The predicted molar refractivity (Wildman–Crippen MR) is 107 cm³/mol. The molecule has 0 radical (unpaired) electrons. The summed E-state index contributed by atoms with van der Waals surface area (Å²) in [6.07, 6.45) is 4.70. The Morgan fingerprint density at radius 2 is 1.57 bits per heavy atom. The number of nitrogens with one attached hydrogen (secondary N) is 1. The minimum atomic E-state index is -4.69. The number of carboxylic acids is 1. The number of hydrogen-bond donors (Lipinski definition) is 4. The number of rotatable bonds is 18. The van der Waals surface area contributed by atoms with Crippen LogP contribution in [0.2, 0.25) is 0 Å². The molecule has 12 heteroatoms. The molecule has 11 nitrogen and oxygen atoms in total. The van der Waals surface area contributed by atoms with E-state index in [2.05, 4.69) is 26.0 Å². The number of carboxylic acid groups (broad SMARTS) is 1. The molecule has 0 aliphatic rings. The van der Waals surface area contributed by atoms with Crippen molar-refractivity contribution in [2.45, 2.75) is 77.4 Å². The van der Waals surface area contributed by atoms with Gasteiger partial charge in [-0.2, -0.15) is 0 Å². The first-order valence-electron chi connectivity index (χ1n) is 10.1. The Balaban J connectivity index is 4.27. The summed E-state index contributed by atoms with van der Waals surface area (Å²) in [6, 6.07) is -1.53. The Kier molecular flexibility index (Phi) is 15.4. The van der Waals surface area contributed by atoms with Crippen molar-refractivity contribution < 1.29 is 47.8 Å². The summed E-state index contributed by atoms with van der Waals surface area (Å²) in [5.41, 5.74) is 0. The van der Waals surface area contributed by atoms with Crippen LogP contribution >= 0.6 is 7.82 Å². The van der Waals surface area contributed by atoms with E-state index < -0.39 is 57.6 Å². The molecule has 0 aliphatic carbocycles. The van der Waals surface area contributed by atoms with E-state index in [4.69, 9.17) is 5.11 Å². The molecule has 30 heavy (non-hydrogen) atoms. The van der Waals surface area contributed by atoms with E-state index in [1.807, 2.05) is 0 Å². The quantitative estimate of drug-likeness (QED) is 0.136. The second-order valence-corrected chi connectivity index (χ2v) is 8.18. The number of hydrogen-bond acceptors (Lipinski definition) is 8. The van der Waals surface area contributed by atoms with Crippen LogP contribution < -0.4 is 5.32 Å². The predicted octanol–water partition coefficient (Wildman–Crippen LogP) is 1.75. The van der Waals surface area contributed by atoms with Crippen molar-refractivity contribution in [3.05, 3.63) is 0 Å². The molecule has 176 valence electrons. The molecule has 0 rings (SSSR count). The highest BCUT2D eigenvalue weighted by Gasteiger charge is 2.28. The van der Waals surface area contributed by atoms with Crippen LogP contribution in [0, 0.1) is 0 Å². The van der Waals surface area contributed by atoms with Crippen molar-refractivity contribution in [2.24, 2.45) is 0 Å². The molecule has 0 heterocycles. The summed E-state index contributed by atoms with van der Waals surface area (Å²) >= 11 is 0. The van der Waals surface area contributed by atoms with Gasteiger partial charge in [0, 0.05) is 12.8 Å². The van der Waals surface area contributed by atoms with E-state index in [9.17, 15) is 28.9 Å². The van der Waals surface area contributed by atoms with Crippen LogP contribution in [0.4, 0.5) is 0 Å². The van der Waals surface area contributed by atoms with Gasteiger partial charge in [0.2, 0.25) is 5.91 Å². The number of ether oxygens (including phenoxy) is 1. The molecule has 1 amide bonds. The van der Waals surface area contributed by atoms with E-state index in [0.29, 0.717) is 6.42 Å². The number of carbonyl (C=O) groups is 3. The average molecular weight is 455 g/mol. The molecular weight excluding hydrogens is 421 g/mol. The molecule has 4 N–H and O–H groups in total. The third-order valence-corrected chi connectivity index (χ3v) is 4.90. The zero-order valence-electron chi connectivity index (χ0n) is 17.6. The molecular formula is C18H34NO10P. The van der Waals surface area contributed by atoms with Gasteiger partial charge in [-0.05, 0) is 6.42 Å². The van der Waals surface area contributed by atoms with E-state index in [1.54, 1.807) is 6.92 Å². The summed E-state index contributed by atoms with van der Waals surface area (Å²) in [6.45, 7) is 1.76. The molecule has 0 fully saturated rings. The average Bonchev–Trinajstić information content (AvgIpc) is 2.70. The normalized spacial score (nSPS) is 15.1. The molecule has 0 aromatic heterocycles. The van der Waals surface area contributed by atoms with E-state index in [1.165, 1.54) is 0 Å². The summed E-state index contributed by atoms with van der Waals surface area (Å²) in [5, 5.41) is 20.9. The van der Waals surface area contributed by atoms with Gasteiger partial charge in [0.15, 0.2) is 6.04 Å². The van der Waals surface area contributed by atoms with Crippen molar-refractivity contribution in [3.8, 4) is 0 Å². The van der Waals surface area contributed by atoms with Crippen LogP contribution in [0.25, 0.3) is 0 Å². The monoisotopic (exact) mass is 455 g/mol. The van der Waals surface area contributed by atoms with Crippen LogP contribution in [-0.2, 0) is 32.7 Å². The number of aliphatic hydroxyl groups is 1. The Morgan fingerprint density at radius 3 is 2.17 bits per heavy atom. The van der Waals surface area contributed by atoms with E-state index >= 15 is 0 Å². The van der Waals surface area contributed by atoms with Crippen molar-refractivity contribution in [1.82, 2.24) is 5.32 Å². The number of esters is 1. The van der Waals surface area contributed by atoms with Crippen LogP contribution in [0.5, 0.6) is 0 Å². The zero-order chi connectivity index (χ0) is 23.0. The summed E-state index contributed by atoms with van der Waals surface area (Å²) in [7, 11) is -4.69. The molecule has 3 atom stereocenters. The highest BCUT2D eigenvalue weighted by atomic mass is 31.2. The minimum absolute atomic E-state index is 0.107. The van der Waals surface area contributed by atoms with Gasteiger partial charge in [-0.15, -0.1) is 0 Å². The maximum atomic E-state index is 11.9. The fourth-order valence-corrected chi connectivity index (χ4v) is 3.01. The lowest BCUT2D eigenvalue weighted by Crippen LogP contribution is -2.43. The molecule has 0 spiro atoms. The van der Waals surface area contributed by atoms with Gasteiger partial charge in [-0.25, -0.2) is 9.36 Å². The highest BCUT2D eigenvalue weighted by molar-refractivity contribution is 7.47. The standard InChI is InChI=1S/C18H34NO10P/c1-3-5-6-7-8-9-10-16(21)19-15(18(23)24)13-29-30(25,26)28-12-14(20)11-27-17(22)4-2/h14-15,20H,3-13H2,1-2H3,(H,19,21)(H,23,24)(H,25,26). The maximum Gasteiger partial charge on any atom is 0.472 e. The lowest BCUT2D eigenvalue weighted by atomic mass is 10.1. The molecule has 3 unspecified atom stereocenters. The van der Waals surface area contributed by atoms with Gasteiger partial charge in [0.05, 0.1) is 13.2 Å². The third kappa shape index (κ3) is 15.3. The molecule has 0 aromatic carbocycles. The SMILES string of the molecule is CCCCCCCCC(=O)NC(COP(=O)(O)OCC(O)COC(=O)CC)C(=O)O. The number of phosphoric ester groups is 1. The zero-order valence-corrected chi connectivity index (χ0v) is 18.5. The highest BCUT2D eigenvalue weighted by Crippen LogP contribution is 2.43. The fraction of sp³-hybridized carbons (Fsp3) is 0.833. The van der Waals surface area contributed by atoms with Crippen LogP contribution in [0.1, 0.15) is 65.2 Å². The smallest absolute Gasteiger partial charge is 0.472 e. The first kappa shape index (κ1) is 28.5. The topological polar surface area (TPSA) is 169 Å². The minimum Gasteiger partial charge on any atom is -0.480 e. The van der Waals surface area contributed by atoms with Gasteiger partial charge in [-0.1, -0.05) is 46.0 Å². The number of aliphatic hydroxyl groups excluding tert-OH is 1. The fourth-order valence-electron chi connectivity index (χ4n) is 2.23. The Bertz CT molecular complexity index is 571. The Hall–Kier alpha value is -1.52. The second-order valence-electron chi connectivity index (χ2n) is 6.73. The number of carbonyl (C=O) groups excluding carboxylic acids is 2. The number of unbranched alkanes of at least 4 members (excludes halogenated alkanes) is 5. The van der Waals surface area contributed by atoms with Gasteiger partial charge >= 0.3 is 19.8 Å². The summed E-state index contributed by atoms with van der Waals surface area (Å²) in [5.74, 6) is -2.49. The number of amides is 1. The van der Waals surface area contributed by atoms with Crippen LogP contribution in [-0.4, -0.2) is 64.9 Å². The van der Waals surface area contributed by atoms with E-state index in [0.717, 1.165) is 32.1 Å². The molecule has 0 saturated heterocycles. The van der Waals surface area contributed by atoms with Crippen LogP contribution in [0.3, 0.4) is 0 Å². The Morgan fingerprint density at radius 1 is 0.967 bits per heavy atom. The van der Waals surface area contributed by atoms with Crippen LogP contribution in [0.15, 0.2) is 0 Å². The van der Waals surface area contributed by atoms with Gasteiger partial charge < -0.3 is 25.2 Å². The van der Waals surface area contributed by atoms with Crippen molar-refractivity contribution in [3.63, 3.8) is 0 Å². The molecule has 0 aliphatic heterocycles. The largest absolute Gasteiger partial charge is 0.480 e. The van der Waals surface area contributed by atoms with Crippen molar-refractivity contribution >= 4 is 25.7 Å². The van der Waals surface area contributed by atoms with Crippen molar-refractivity contribution in [2.75, 3.05) is 19.8 Å². The molecule has 0 aromatic rings. The number of phosphoric acid groups is 1. The maximum absolute atomic E-state index is 11.9. The van der Waals surface area contributed by atoms with Crippen molar-refractivity contribution in [1.29, 1.82) is 0 Å². The lowest BCUT2D eigenvalue weighted by Gasteiger charge is -2.18. The van der Waals surface area contributed by atoms with Gasteiger partial charge in [-0.3, -0.25) is 18.6 Å².